The number of nitro groups is 1. The number of non-ortho nitro benzene ring substituents is 1. The first-order chi connectivity index (χ1) is 12.0. The van der Waals surface area contributed by atoms with E-state index in [-0.39, 0.29) is 22.1 Å². The normalized spacial score (nSPS) is 11.0. The fourth-order valence-corrected chi connectivity index (χ4v) is 2.73. The highest BCUT2D eigenvalue weighted by molar-refractivity contribution is 5.40. The number of hydrogen-bond donors (Lipinski definition) is 2. The number of benzene rings is 2. The van der Waals surface area contributed by atoms with E-state index >= 15 is 0 Å². The van der Waals surface area contributed by atoms with Crippen molar-refractivity contribution in [1.82, 2.24) is 4.90 Å². The summed E-state index contributed by atoms with van der Waals surface area (Å²) in [5, 5.41) is 29.6. The van der Waals surface area contributed by atoms with Gasteiger partial charge in [0, 0.05) is 25.2 Å². The zero-order valence-electron chi connectivity index (χ0n) is 14.4. The van der Waals surface area contributed by atoms with E-state index in [0.717, 1.165) is 50.0 Å². The maximum Gasteiger partial charge on any atom is 0.269 e. The Bertz CT molecular complexity index is 701. The van der Waals surface area contributed by atoms with E-state index in [2.05, 4.69) is 11.8 Å². The van der Waals surface area contributed by atoms with E-state index in [9.17, 15) is 20.3 Å². The number of aromatic hydroxyl groups is 2. The van der Waals surface area contributed by atoms with Gasteiger partial charge in [-0.3, -0.25) is 10.1 Å². The molecule has 0 heterocycles. The minimum absolute atomic E-state index is 0.0922. The second-order valence-electron chi connectivity index (χ2n) is 6.09. The Morgan fingerprint density at radius 2 is 1.52 bits per heavy atom. The molecule has 0 unspecified atom stereocenters. The van der Waals surface area contributed by atoms with Crippen LogP contribution in [0.3, 0.4) is 0 Å². The number of nitrogens with zero attached hydrogens (tertiary/aromatic N) is 2. The third-order valence-corrected chi connectivity index (χ3v) is 4.16. The molecule has 0 amide bonds. The van der Waals surface area contributed by atoms with Gasteiger partial charge in [-0.25, -0.2) is 0 Å². The minimum atomic E-state index is -0.389. The summed E-state index contributed by atoms with van der Waals surface area (Å²) >= 11 is 0. The van der Waals surface area contributed by atoms with E-state index < -0.39 is 0 Å². The van der Waals surface area contributed by atoms with Crippen molar-refractivity contribution in [1.29, 1.82) is 0 Å². The Morgan fingerprint density at radius 1 is 0.920 bits per heavy atom. The number of rotatable bonds is 9. The molecule has 0 radical (unpaired) electrons. The Balaban J connectivity index is 1.89. The maximum atomic E-state index is 10.7. The first kappa shape index (κ1) is 18.7. The van der Waals surface area contributed by atoms with Gasteiger partial charge in [0.1, 0.15) is 0 Å². The molecule has 0 aliphatic carbocycles. The molecule has 6 heteroatoms. The fraction of sp³-hybridized carbons (Fsp3) is 0.368. The lowest BCUT2D eigenvalue weighted by atomic mass is 10.1. The van der Waals surface area contributed by atoms with Gasteiger partial charge in [-0.05, 0) is 49.1 Å². The van der Waals surface area contributed by atoms with Crippen molar-refractivity contribution >= 4 is 5.69 Å². The van der Waals surface area contributed by atoms with Crippen LogP contribution in [0.15, 0.2) is 42.5 Å². The second kappa shape index (κ2) is 9.03. The molecule has 0 saturated carbocycles. The molecule has 2 rings (SSSR count). The maximum absolute atomic E-state index is 10.7. The highest BCUT2D eigenvalue weighted by Crippen LogP contribution is 2.25. The zero-order chi connectivity index (χ0) is 18.2. The lowest BCUT2D eigenvalue weighted by molar-refractivity contribution is -0.384. The summed E-state index contributed by atoms with van der Waals surface area (Å²) in [7, 11) is 0. The Hall–Kier alpha value is -2.60. The number of nitro benzene ring substituents is 1. The van der Waals surface area contributed by atoms with Crippen LogP contribution in [0, 0.1) is 10.1 Å². The average Bonchev–Trinajstić information content (AvgIpc) is 2.60. The molecule has 0 aliphatic rings. The molecule has 0 aliphatic heterocycles. The summed E-state index contributed by atoms with van der Waals surface area (Å²) in [6.07, 6.45) is 2.66. The van der Waals surface area contributed by atoms with E-state index in [4.69, 9.17) is 0 Å². The van der Waals surface area contributed by atoms with Crippen molar-refractivity contribution in [2.24, 2.45) is 0 Å². The SMILES string of the molecule is CCCN(CCc1ccc([N+](=O)[O-])cc1)CCc1ccc(O)c(O)c1. The quantitative estimate of drug-likeness (QED) is 0.413. The van der Waals surface area contributed by atoms with Crippen LogP contribution in [0.1, 0.15) is 24.5 Å². The molecule has 0 spiro atoms. The van der Waals surface area contributed by atoms with E-state index in [1.54, 1.807) is 30.3 Å². The largest absolute Gasteiger partial charge is 0.504 e. The molecule has 25 heavy (non-hydrogen) atoms. The van der Waals surface area contributed by atoms with Gasteiger partial charge in [-0.15, -0.1) is 0 Å². The average molecular weight is 344 g/mol. The van der Waals surface area contributed by atoms with Crippen molar-refractivity contribution in [3.05, 3.63) is 63.7 Å². The lowest BCUT2D eigenvalue weighted by Gasteiger charge is -2.21. The van der Waals surface area contributed by atoms with Crippen LogP contribution in [0.4, 0.5) is 5.69 Å². The lowest BCUT2D eigenvalue weighted by Crippen LogP contribution is -2.29. The topological polar surface area (TPSA) is 86.8 Å². The molecule has 0 atom stereocenters. The van der Waals surface area contributed by atoms with Gasteiger partial charge in [0.2, 0.25) is 0 Å². The van der Waals surface area contributed by atoms with Gasteiger partial charge in [0.15, 0.2) is 11.5 Å². The summed E-state index contributed by atoms with van der Waals surface area (Å²) in [6, 6.07) is 11.6. The number of hydrogen-bond acceptors (Lipinski definition) is 5. The molecule has 2 aromatic rings. The summed E-state index contributed by atoms with van der Waals surface area (Å²) in [5.41, 5.74) is 2.17. The highest BCUT2D eigenvalue weighted by Gasteiger charge is 2.08. The molecular weight excluding hydrogens is 320 g/mol. The first-order valence-corrected chi connectivity index (χ1v) is 8.46. The van der Waals surface area contributed by atoms with Crippen LogP contribution in [-0.4, -0.2) is 39.7 Å². The zero-order valence-corrected chi connectivity index (χ0v) is 14.4. The van der Waals surface area contributed by atoms with Crippen molar-refractivity contribution < 1.29 is 15.1 Å². The molecular formula is C19H24N2O4. The van der Waals surface area contributed by atoms with Crippen LogP contribution in [-0.2, 0) is 12.8 Å². The standard InChI is InChI=1S/C19H24N2O4/c1-2-11-20(13-10-16-5-8-18(22)19(23)14-16)12-9-15-3-6-17(7-4-15)21(24)25/h3-8,14,22-23H,2,9-13H2,1H3. The predicted octanol–water partition coefficient (Wildman–Crippen LogP) is 3.50. The van der Waals surface area contributed by atoms with Crippen molar-refractivity contribution in [3.63, 3.8) is 0 Å². The van der Waals surface area contributed by atoms with Crippen molar-refractivity contribution in [2.45, 2.75) is 26.2 Å². The Morgan fingerprint density at radius 3 is 2.08 bits per heavy atom. The summed E-state index contributed by atoms with van der Waals surface area (Å²) < 4.78 is 0. The van der Waals surface area contributed by atoms with Gasteiger partial charge in [-0.2, -0.15) is 0 Å². The summed E-state index contributed by atoms with van der Waals surface area (Å²) in [6.45, 7) is 4.82. The molecule has 134 valence electrons. The molecule has 0 saturated heterocycles. The van der Waals surface area contributed by atoms with E-state index in [0.29, 0.717) is 0 Å². The van der Waals surface area contributed by atoms with Gasteiger partial charge < -0.3 is 15.1 Å². The summed E-state index contributed by atoms with van der Waals surface area (Å²) in [5.74, 6) is -0.197. The van der Waals surface area contributed by atoms with Crippen LogP contribution < -0.4 is 0 Å². The molecule has 2 aromatic carbocycles. The fourth-order valence-electron chi connectivity index (χ4n) is 2.73. The van der Waals surface area contributed by atoms with E-state index in [1.165, 1.54) is 6.07 Å². The van der Waals surface area contributed by atoms with E-state index in [1.807, 2.05) is 6.07 Å². The molecule has 0 fully saturated rings. The minimum Gasteiger partial charge on any atom is -0.504 e. The van der Waals surface area contributed by atoms with Crippen LogP contribution in [0.25, 0.3) is 0 Å². The van der Waals surface area contributed by atoms with Gasteiger partial charge >= 0.3 is 0 Å². The molecule has 0 aromatic heterocycles. The second-order valence-corrected chi connectivity index (χ2v) is 6.09. The predicted molar refractivity (Wildman–Crippen MR) is 97.0 cm³/mol. The number of phenols is 2. The van der Waals surface area contributed by atoms with Crippen LogP contribution in [0.5, 0.6) is 11.5 Å². The van der Waals surface area contributed by atoms with Crippen LogP contribution >= 0.6 is 0 Å². The van der Waals surface area contributed by atoms with Gasteiger partial charge in [0.05, 0.1) is 4.92 Å². The third-order valence-electron chi connectivity index (χ3n) is 4.16. The Kier molecular flexibility index (Phi) is 6.77. The summed E-state index contributed by atoms with van der Waals surface area (Å²) in [4.78, 5) is 12.6. The van der Waals surface area contributed by atoms with Crippen molar-refractivity contribution in [3.8, 4) is 11.5 Å². The first-order valence-electron chi connectivity index (χ1n) is 8.46. The smallest absolute Gasteiger partial charge is 0.269 e. The van der Waals surface area contributed by atoms with Crippen LogP contribution in [0.2, 0.25) is 0 Å². The monoisotopic (exact) mass is 344 g/mol. The number of phenolic OH excluding ortho intramolecular Hbond substituents is 2. The highest BCUT2D eigenvalue weighted by atomic mass is 16.6. The van der Waals surface area contributed by atoms with Gasteiger partial charge in [-0.1, -0.05) is 25.1 Å². The van der Waals surface area contributed by atoms with Crippen molar-refractivity contribution in [2.75, 3.05) is 19.6 Å². The molecule has 6 nitrogen and oxygen atoms in total. The molecule has 0 bridgehead atoms. The third kappa shape index (κ3) is 5.76. The Labute approximate surface area is 147 Å². The van der Waals surface area contributed by atoms with Gasteiger partial charge in [0.25, 0.3) is 5.69 Å². The molecule has 2 N–H and O–H groups in total.